The van der Waals surface area contributed by atoms with Crippen LogP contribution in [0, 0.1) is 6.92 Å². The number of aryl methyl sites for hydroxylation is 1. The Morgan fingerprint density at radius 3 is 1.86 bits per heavy atom. The van der Waals surface area contributed by atoms with E-state index in [4.69, 9.17) is 20.5 Å². The van der Waals surface area contributed by atoms with Gasteiger partial charge in [0.25, 0.3) is 0 Å². The maximum Gasteiger partial charge on any atom is 0.446 e. The molecule has 0 radical (unpaired) electrons. The minimum absolute atomic E-state index is 0.0758. The van der Waals surface area contributed by atoms with Crippen LogP contribution in [-0.2, 0) is 10.4 Å². The van der Waals surface area contributed by atoms with Crippen LogP contribution < -0.4 is 9.92 Å². The first-order valence-corrected chi connectivity index (χ1v) is 7.05. The molecule has 2 rings (SSSR count). The van der Waals surface area contributed by atoms with Crippen molar-refractivity contribution in [3.8, 4) is 17.2 Å². The molecular weight excluding hydrogens is 298 g/mol. The van der Waals surface area contributed by atoms with E-state index in [0.29, 0.717) is 0 Å². The lowest BCUT2D eigenvalue weighted by atomic mass is 10.2. The molecule has 2 aromatic rings. The maximum absolute atomic E-state index is 10.3. The summed E-state index contributed by atoms with van der Waals surface area (Å²) in [6, 6.07) is 10.2. The van der Waals surface area contributed by atoms with E-state index in [-0.39, 0.29) is 22.9 Å². The Bertz CT molecular complexity index is 676. The van der Waals surface area contributed by atoms with Gasteiger partial charge in [0, 0.05) is 0 Å². The Balaban J connectivity index is 0.000000235. The van der Waals surface area contributed by atoms with Crippen LogP contribution in [0.15, 0.2) is 42.5 Å². The highest BCUT2D eigenvalue weighted by Crippen LogP contribution is 2.23. The van der Waals surface area contributed by atoms with Gasteiger partial charge in [-0.2, -0.15) is 8.42 Å². The predicted molar refractivity (Wildman–Crippen MR) is 77.5 cm³/mol. The number of anilines is 1. The van der Waals surface area contributed by atoms with Gasteiger partial charge in [0.2, 0.25) is 0 Å². The molecule has 0 spiro atoms. The summed E-state index contributed by atoms with van der Waals surface area (Å²) in [5, 5.41) is 17.3. The fourth-order valence-corrected chi connectivity index (χ4v) is 1.69. The van der Waals surface area contributed by atoms with E-state index in [2.05, 4.69) is 4.18 Å². The number of rotatable bonds is 2. The minimum Gasteiger partial charge on any atom is -0.508 e. The van der Waals surface area contributed by atoms with E-state index in [1.165, 1.54) is 30.3 Å². The Hall–Kier alpha value is -2.45. The molecule has 8 heteroatoms. The molecule has 0 atom stereocenters. The second-order valence-electron chi connectivity index (χ2n) is 4.07. The fourth-order valence-electron chi connectivity index (χ4n) is 1.31. The molecule has 0 saturated heterocycles. The van der Waals surface area contributed by atoms with Gasteiger partial charge in [0.15, 0.2) is 5.75 Å². The number of benzene rings is 2. The van der Waals surface area contributed by atoms with Gasteiger partial charge in [-0.05, 0) is 48.9 Å². The van der Waals surface area contributed by atoms with Crippen LogP contribution in [0.3, 0.4) is 0 Å². The number of nitrogens with two attached hydrogens (primary N) is 1. The highest BCUT2D eigenvalue weighted by Gasteiger charge is 2.09. The van der Waals surface area contributed by atoms with Crippen LogP contribution in [0.25, 0.3) is 0 Å². The fraction of sp³-hybridized carbons (Fsp3) is 0.0769. The Kier molecular flexibility index (Phi) is 5.39. The number of nitrogen functional groups attached to an aromatic ring is 1. The summed E-state index contributed by atoms with van der Waals surface area (Å²) in [6.07, 6.45) is 0. The van der Waals surface area contributed by atoms with E-state index in [1.54, 1.807) is 19.1 Å². The smallest absolute Gasteiger partial charge is 0.446 e. The lowest BCUT2D eigenvalue weighted by molar-refractivity contribution is 0.387. The highest BCUT2D eigenvalue weighted by atomic mass is 32.3. The Morgan fingerprint density at radius 1 is 1.00 bits per heavy atom. The second-order valence-corrected chi connectivity index (χ2v) is 5.09. The third-order valence-electron chi connectivity index (χ3n) is 2.21. The minimum atomic E-state index is -4.49. The van der Waals surface area contributed by atoms with Gasteiger partial charge in [0.05, 0.1) is 5.69 Å². The number of phenolic OH excluding ortho intramolecular Hbond substituents is 2. The summed E-state index contributed by atoms with van der Waals surface area (Å²) >= 11 is 0. The summed E-state index contributed by atoms with van der Waals surface area (Å²) in [5.41, 5.74) is 6.47. The van der Waals surface area contributed by atoms with Crippen molar-refractivity contribution in [2.45, 2.75) is 6.92 Å². The van der Waals surface area contributed by atoms with Gasteiger partial charge in [-0.15, -0.1) is 0 Å². The largest absolute Gasteiger partial charge is 0.508 e. The molecular formula is C13H15NO6S. The molecule has 0 amide bonds. The topological polar surface area (TPSA) is 130 Å². The average molecular weight is 313 g/mol. The normalized spacial score (nSPS) is 10.4. The van der Waals surface area contributed by atoms with Crippen molar-refractivity contribution in [3.05, 3.63) is 48.0 Å². The predicted octanol–water partition coefficient (Wildman–Crippen LogP) is 1.86. The van der Waals surface area contributed by atoms with E-state index < -0.39 is 10.4 Å². The summed E-state index contributed by atoms with van der Waals surface area (Å²) in [5.74, 6) is 0.263. The molecule has 114 valence electrons. The van der Waals surface area contributed by atoms with E-state index in [9.17, 15) is 8.42 Å². The molecule has 0 aliphatic heterocycles. The molecule has 0 fully saturated rings. The Morgan fingerprint density at radius 2 is 1.48 bits per heavy atom. The van der Waals surface area contributed by atoms with Gasteiger partial charge >= 0.3 is 10.4 Å². The van der Waals surface area contributed by atoms with Gasteiger partial charge in [0.1, 0.15) is 11.5 Å². The molecule has 0 heterocycles. The van der Waals surface area contributed by atoms with E-state index in [1.807, 2.05) is 0 Å². The van der Waals surface area contributed by atoms with Crippen molar-refractivity contribution in [3.63, 3.8) is 0 Å². The van der Waals surface area contributed by atoms with Crippen molar-refractivity contribution < 1.29 is 27.4 Å². The van der Waals surface area contributed by atoms with Crippen LogP contribution in [0.5, 0.6) is 17.2 Å². The van der Waals surface area contributed by atoms with Gasteiger partial charge in [-0.1, -0.05) is 6.07 Å². The van der Waals surface area contributed by atoms with Gasteiger partial charge in [-0.25, -0.2) is 0 Å². The first-order chi connectivity index (χ1) is 9.67. The number of phenols is 2. The average Bonchev–Trinajstić information content (AvgIpc) is 2.36. The molecule has 0 bridgehead atoms. The zero-order valence-electron chi connectivity index (χ0n) is 11.1. The van der Waals surface area contributed by atoms with Crippen LogP contribution in [0.2, 0.25) is 0 Å². The summed E-state index contributed by atoms with van der Waals surface area (Å²) in [4.78, 5) is 0. The molecule has 0 aromatic heterocycles. The third-order valence-corrected chi connectivity index (χ3v) is 2.60. The quantitative estimate of drug-likeness (QED) is 0.378. The van der Waals surface area contributed by atoms with Crippen molar-refractivity contribution in [2.75, 3.05) is 5.73 Å². The molecule has 0 aliphatic carbocycles. The third kappa shape index (κ3) is 6.50. The molecule has 21 heavy (non-hydrogen) atoms. The van der Waals surface area contributed by atoms with Gasteiger partial charge in [-0.3, -0.25) is 4.55 Å². The molecule has 0 aliphatic rings. The monoisotopic (exact) mass is 313 g/mol. The maximum atomic E-state index is 10.3. The van der Waals surface area contributed by atoms with Crippen LogP contribution in [-0.4, -0.2) is 23.2 Å². The van der Waals surface area contributed by atoms with Crippen LogP contribution in [0.1, 0.15) is 5.56 Å². The van der Waals surface area contributed by atoms with Crippen molar-refractivity contribution in [1.82, 2.24) is 0 Å². The first kappa shape index (κ1) is 16.6. The lowest BCUT2D eigenvalue weighted by Gasteiger charge is -2.04. The van der Waals surface area contributed by atoms with Crippen LogP contribution >= 0.6 is 0 Å². The van der Waals surface area contributed by atoms with Crippen molar-refractivity contribution in [2.24, 2.45) is 0 Å². The lowest BCUT2D eigenvalue weighted by Crippen LogP contribution is -2.08. The zero-order chi connectivity index (χ0) is 16.0. The first-order valence-electron chi connectivity index (χ1n) is 5.68. The molecule has 0 saturated carbocycles. The Labute approximate surface area is 122 Å². The summed E-state index contributed by atoms with van der Waals surface area (Å²) in [7, 11) is -4.49. The molecule has 0 unspecified atom stereocenters. The van der Waals surface area contributed by atoms with Gasteiger partial charge < -0.3 is 20.1 Å². The zero-order valence-corrected chi connectivity index (χ0v) is 11.9. The second kappa shape index (κ2) is 6.82. The number of aromatic hydroxyl groups is 2. The SMILES string of the molecule is Cc1ccc(OS(=O)(=O)O)c(N)c1.Oc1ccc(O)cc1. The molecule has 5 N–H and O–H groups in total. The van der Waals surface area contributed by atoms with Crippen molar-refractivity contribution >= 4 is 16.1 Å². The molecule has 2 aromatic carbocycles. The van der Waals surface area contributed by atoms with E-state index >= 15 is 0 Å². The van der Waals surface area contributed by atoms with Crippen molar-refractivity contribution in [1.29, 1.82) is 0 Å². The highest BCUT2D eigenvalue weighted by molar-refractivity contribution is 7.81. The number of hydrogen-bond donors (Lipinski definition) is 4. The standard InChI is InChI=1S/C7H9NO4S.C6H6O2/c1-5-2-3-7(6(8)4-5)12-13(9,10)11;7-5-1-2-6(8)4-3-5/h2-4H,8H2,1H3,(H,9,10,11);1-4,7-8H. The van der Waals surface area contributed by atoms with Crippen LogP contribution in [0.4, 0.5) is 5.69 Å². The summed E-state index contributed by atoms with van der Waals surface area (Å²) < 4.78 is 33.2. The van der Waals surface area contributed by atoms with E-state index in [0.717, 1.165) is 5.56 Å². The number of hydrogen-bond acceptors (Lipinski definition) is 6. The molecule has 7 nitrogen and oxygen atoms in total. The summed E-state index contributed by atoms with van der Waals surface area (Å²) in [6.45, 7) is 1.80.